The lowest BCUT2D eigenvalue weighted by Crippen LogP contribution is -2.41. The van der Waals surface area contributed by atoms with E-state index in [4.69, 9.17) is 14.6 Å². The van der Waals surface area contributed by atoms with E-state index in [9.17, 15) is 0 Å². The second-order valence-electron chi connectivity index (χ2n) is 4.90. The monoisotopic (exact) mass is 219 g/mol. The summed E-state index contributed by atoms with van der Waals surface area (Å²) in [6.07, 6.45) is 1.47. The Balaban J connectivity index is 2.31. The summed E-state index contributed by atoms with van der Waals surface area (Å²) in [7, 11) is -0.554. The van der Waals surface area contributed by atoms with Crippen LogP contribution < -0.4 is 5.59 Å². The second-order valence-corrected chi connectivity index (χ2v) is 4.90. The Hall–Kier alpha value is -1.32. The number of nitriles is 1. The molecule has 0 amide bonds. The van der Waals surface area contributed by atoms with Gasteiger partial charge >= 0.3 is 7.12 Å². The standard InChI is InChI=1S/C10H14BN3O2/c1-9(2)10(3,4)16-11(15-9)8-7(5-12)6-13-14-8/h6H,1-4H3,(H,13,14). The number of nitrogens with one attached hydrogen (secondary N) is 1. The van der Waals surface area contributed by atoms with Crippen molar-refractivity contribution >= 4 is 12.7 Å². The minimum Gasteiger partial charge on any atom is -0.398 e. The quantitative estimate of drug-likeness (QED) is 0.701. The fraction of sp³-hybridized carbons (Fsp3) is 0.600. The van der Waals surface area contributed by atoms with E-state index in [1.807, 2.05) is 27.7 Å². The molecule has 1 aliphatic heterocycles. The number of hydrogen-bond acceptors (Lipinski definition) is 4. The molecule has 0 atom stereocenters. The first-order chi connectivity index (χ1) is 7.37. The van der Waals surface area contributed by atoms with Gasteiger partial charge in [-0.2, -0.15) is 10.4 Å². The van der Waals surface area contributed by atoms with Gasteiger partial charge in [0.15, 0.2) is 0 Å². The zero-order valence-corrected chi connectivity index (χ0v) is 9.87. The van der Waals surface area contributed by atoms with E-state index in [1.54, 1.807) is 0 Å². The van der Waals surface area contributed by atoms with Gasteiger partial charge in [0.25, 0.3) is 0 Å². The molecule has 0 radical (unpaired) electrons. The summed E-state index contributed by atoms with van der Waals surface area (Å²) in [6, 6.07) is 2.05. The van der Waals surface area contributed by atoms with E-state index >= 15 is 0 Å². The van der Waals surface area contributed by atoms with Gasteiger partial charge in [0.2, 0.25) is 0 Å². The van der Waals surface area contributed by atoms with Crippen molar-refractivity contribution in [3.63, 3.8) is 0 Å². The molecule has 6 heteroatoms. The minimum atomic E-state index is -0.554. The van der Waals surface area contributed by atoms with Crippen molar-refractivity contribution in [2.45, 2.75) is 38.9 Å². The van der Waals surface area contributed by atoms with Crippen molar-refractivity contribution < 1.29 is 9.31 Å². The van der Waals surface area contributed by atoms with Crippen LogP contribution in [0.4, 0.5) is 0 Å². The molecule has 0 saturated carbocycles. The zero-order valence-electron chi connectivity index (χ0n) is 9.87. The maximum absolute atomic E-state index is 8.91. The van der Waals surface area contributed by atoms with E-state index in [0.29, 0.717) is 11.2 Å². The molecular formula is C10H14BN3O2. The maximum Gasteiger partial charge on any atom is 0.515 e. The van der Waals surface area contributed by atoms with Crippen LogP contribution >= 0.6 is 0 Å². The molecule has 1 N–H and O–H groups in total. The molecular weight excluding hydrogens is 205 g/mol. The number of rotatable bonds is 1. The molecule has 1 fully saturated rings. The SMILES string of the molecule is CC1(C)OB(c2[nH]ncc2C#N)OC1(C)C. The molecule has 84 valence electrons. The molecule has 1 saturated heterocycles. The molecule has 2 rings (SSSR count). The van der Waals surface area contributed by atoms with Crippen molar-refractivity contribution in [2.75, 3.05) is 0 Å². The molecule has 0 bridgehead atoms. The number of nitrogens with zero attached hydrogens (tertiary/aromatic N) is 2. The van der Waals surface area contributed by atoms with Gasteiger partial charge in [-0.1, -0.05) is 0 Å². The first-order valence-electron chi connectivity index (χ1n) is 5.16. The van der Waals surface area contributed by atoms with Crippen LogP contribution in [0.3, 0.4) is 0 Å². The van der Waals surface area contributed by atoms with E-state index in [-0.39, 0.29) is 0 Å². The topological polar surface area (TPSA) is 70.9 Å². The summed E-state index contributed by atoms with van der Waals surface area (Å²) in [5.74, 6) is 0. The molecule has 5 nitrogen and oxygen atoms in total. The van der Waals surface area contributed by atoms with Crippen LogP contribution in [0.2, 0.25) is 0 Å². The highest BCUT2D eigenvalue weighted by Crippen LogP contribution is 2.36. The average molecular weight is 219 g/mol. The lowest BCUT2D eigenvalue weighted by molar-refractivity contribution is 0.00578. The van der Waals surface area contributed by atoms with Crippen LogP contribution in [0.5, 0.6) is 0 Å². The van der Waals surface area contributed by atoms with Crippen LogP contribution in [0.25, 0.3) is 0 Å². The highest BCUT2D eigenvalue weighted by atomic mass is 16.7. The number of hydrogen-bond donors (Lipinski definition) is 1. The Morgan fingerprint density at radius 2 is 1.88 bits per heavy atom. The van der Waals surface area contributed by atoms with Gasteiger partial charge in [-0.25, -0.2) is 0 Å². The van der Waals surface area contributed by atoms with E-state index < -0.39 is 18.3 Å². The highest BCUT2D eigenvalue weighted by molar-refractivity contribution is 6.61. The maximum atomic E-state index is 8.91. The largest absolute Gasteiger partial charge is 0.515 e. The minimum absolute atomic E-state index is 0.407. The fourth-order valence-electron chi connectivity index (χ4n) is 1.53. The Morgan fingerprint density at radius 1 is 1.31 bits per heavy atom. The summed E-state index contributed by atoms with van der Waals surface area (Å²) >= 11 is 0. The molecule has 1 aromatic rings. The third-order valence-electron chi connectivity index (χ3n) is 3.28. The number of aromatic nitrogens is 2. The van der Waals surface area contributed by atoms with Gasteiger partial charge in [-0.3, -0.25) is 5.10 Å². The summed E-state index contributed by atoms with van der Waals surface area (Å²) in [6.45, 7) is 7.87. The van der Waals surface area contributed by atoms with Crippen molar-refractivity contribution in [1.29, 1.82) is 5.26 Å². The van der Waals surface area contributed by atoms with Gasteiger partial charge < -0.3 is 9.31 Å². The Morgan fingerprint density at radius 3 is 2.38 bits per heavy atom. The Labute approximate surface area is 94.9 Å². The normalized spacial score (nSPS) is 22.1. The third-order valence-corrected chi connectivity index (χ3v) is 3.28. The zero-order chi connectivity index (χ0) is 12.0. The van der Waals surface area contributed by atoms with E-state index in [1.165, 1.54) is 6.20 Å². The Bertz CT molecular complexity index is 431. The predicted molar refractivity (Wildman–Crippen MR) is 59.0 cm³/mol. The van der Waals surface area contributed by atoms with E-state index in [2.05, 4.69) is 16.3 Å². The van der Waals surface area contributed by atoms with Gasteiger partial charge in [-0.05, 0) is 27.7 Å². The van der Waals surface area contributed by atoms with E-state index in [0.717, 1.165) is 0 Å². The van der Waals surface area contributed by atoms with Crippen molar-refractivity contribution in [1.82, 2.24) is 10.2 Å². The highest BCUT2D eigenvalue weighted by Gasteiger charge is 2.53. The predicted octanol–water partition coefficient (Wildman–Crippen LogP) is 0.581. The second kappa shape index (κ2) is 3.34. The summed E-state index contributed by atoms with van der Waals surface area (Å²) < 4.78 is 11.6. The molecule has 0 aliphatic carbocycles. The average Bonchev–Trinajstić information content (AvgIpc) is 2.69. The van der Waals surface area contributed by atoms with Crippen LogP contribution in [0.15, 0.2) is 6.20 Å². The van der Waals surface area contributed by atoms with Gasteiger partial charge in [0.1, 0.15) is 6.07 Å². The molecule has 2 heterocycles. The molecule has 0 spiro atoms. The third kappa shape index (κ3) is 1.53. The van der Waals surface area contributed by atoms with Crippen molar-refractivity contribution in [2.24, 2.45) is 0 Å². The van der Waals surface area contributed by atoms with Gasteiger partial charge in [-0.15, -0.1) is 0 Å². The summed E-state index contributed by atoms with van der Waals surface area (Å²) in [4.78, 5) is 0. The van der Waals surface area contributed by atoms with Gasteiger partial charge in [0, 0.05) is 0 Å². The van der Waals surface area contributed by atoms with Crippen molar-refractivity contribution in [3.8, 4) is 6.07 Å². The summed E-state index contributed by atoms with van der Waals surface area (Å²) in [5, 5.41) is 15.5. The van der Waals surface area contributed by atoms with Crippen LogP contribution in [-0.4, -0.2) is 28.5 Å². The first-order valence-corrected chi connectivity index (χ1v) is 5.16. The van der Waals surface area contributed by atoms with Crippen molar-refractivity contribution in [3.05, 3.63) is 11.8 Å². The lowest BCUT2D eigenvalue weighted by atomic mass is 9.82. The number of aromatic amines is 1. The Kier molecular flexibility index (Phi) is 2.33. The molecule has 1 aromatic heterocycles. The first kappa shape index (κ1) is 11.2. The molecule has 0 aromatic carbocycles. The fourth-order valence-corrected chi connectivity index (χ4v) is 1.53. The van der Waals surface area contributed by atoms with Crippen LogP contribution in [-0.2, 0) is 9.31 Å². The lowest BCUT2D eigenvalue weighted by Gasteiger charge is -2.32. The van der Waals surface area contributed by atoms with Crippen LogP contribution in [0.1, 0.15) is 33.3 Å². The van der Waals surface area contributed by atoms with Gasteiger partial charge in [0.05, 0.1) is 28.6 Å². The molecule has 1 aliphatic rings. The molecule has 16 heavy (non-hydrogen) atoms. The summed E-state index contributed by atoms with van der Waals surface area (Å²) in [5.41, 5.74) is 0.227. The smallest absolute Gasteiger partial charge is 0.398 e. The molecule has 0 unspecified atom stereocenters. The number of H-pyrrole nitrogens is 1. The van der Waals surface area contributed by atoms with Crippen LogP contribution in [0, 0.1) is 11.3 Å².